The van der Waals surface area contributed by atoms with Gasteiger partial charge in [0.1, 0.15) is 5.75 Å². The predicted octanol–water partition coefficient (Wildman–Crippen LogP) is 1.08. The summed E-state index contributed by atoms with van der Waals surface area (Å²) in [4.78, 5) is 0. The first-order valence-electron chi connectivity index (χ1n) is 4.96. The first-order valence-corrected chi connectivity index (χ1v) is 4.96. The van der Waals surface area contributed by atoms with Gasteiger partial charge in [-0.15, -0.1) is 0 Å². The molecule has 0 bridgehead atoms. The van der Waals surface area contributed by atoms with Crippen LogP contribution in [0.5, 0.6) is 5.75 Å². The Morgan fingerprint density at radius 1 is 1.47 bits per heavy atom. The van der Waals surface area contributed by atoms with E-state index in [-0.39, 0.29) is 0 Å². The molecule has 0 aliphatic carbocycles. The highest BCUT2D eigenvalue weighted by atomic mass is 16.5. The molecule has 0 aliphatic heterocycles. The highest BCUT2D eigenvalue weighted by molar-refractivity contribution is 5.83. The van der Waals surface area contributed by atoms with Crippen molar-refractivity contribution in [2.75, 3.05) is 13.7 Å². The van der Waals surface area contributed by atoms with E-state index in [1.165, 1.54) is 5.69 Å². The lowest BCUT2D eigenvalue weighted by Crippen LogP contribution is -2.07. The maximum Gasteiger partial charge on any atom is 0.121 e. The van der Waals surface area contributed by atoms with Crippen molar-refractivity contribution in [2.45, 2.75) is 6.42 Å². The van der Waals surface area contributed by atoms with Crippen LogP contribution < -0.4 is 10.5 Å². The van der Waals surface area contributed by atoms with Crippen LogP contribution >= 0.6 is 0 Å². The highest BCUT2D eigenvalue weighted by Crippen LogP contribution is 2.22. The van der Waals surface area contributed by atoms with Crippen LogP contribution in [-0.4, -0.2) is 23.4 Å². The lowest BCUT2D eigenvalue weighted by atomic mass is 10.1. The first-order chi connectivity index (χ1) is 7.26. The van der Waals surface area contributed by atoms with Crippen molar-refractivity contribution >= 4 is 10.9 Å². The van der Waals surface area contributed by atoms with Crippen LogP contribution in [0.4, 0.5) is 0 Å². The molecule has 0 spiro atoms. The number of ether oxygens (including phenoxy) is 1. The maximum atomic E-state index is 5.57. The van der Waals surface area contributed by atoms with E-state index in [4.69, 9.17) is 10.5 Å². The fourth-order valence-electron chi connectivity index (χ4n) is 1.79. The number of nitrogens with zero attached hydrogens (tertiary/aromatic N) is 2. The quantitative estimate of drug-likeness (QED) is 0.815. The van der Waals surface area contributed by atoms with Crippen LogP contribution in [0.3, 0.4) is 0 Å². The van der Waals surface area contributed by atoms with E-state index in [0.29, 0.717) is 6.54 Å². The summed E-state index contributed by atoms with van der Waals surface area (Å²) in [5, 5.41) is 5.58. The van der Waals surface area contributed by atoms with Crippen molar-refractivity contribution in [3.8, 4) is 5.75 Å². The molecule has 0 aliphatic rings. The van der Waals surface area contributed by atoms with Gasteiger partial charge in [0.25, 0.3) is 0 Å². The molecule has 2 rings (SSSR count). The van der Waals surface area contributed by atoms with E-state index in [2.05, 4.69) is 5.10 Å². The largest absolute Gasteiger partial charge is 0.497 e. The molecule has 0 atom stereocenters. The van der Waals surface area contributed by atoms with E-state index in [1.54, 1.807) is 7.11 Å². The van der Waals surface area contributed by atoms with E-state index in [9.17, 15) is 0 Å². The third-order valence-corrected chi connectivity index (χ3v) is 2.55. The third-order valence-electron chi connectivity index (χ3n) is 2.55. The Morgan fingerprint density at radius 2 is 2.27 bits per heavy atom. The summed E-state index contributed by atoms with van der Waals surface area (Å²) in [5.41, 5.74) is 7.70. The normalized spacial score (nSPS) is 10.9. The summed E-state index contributed by atoms with van der Waals surface area (Å²) >= 11 is 0. The zero-order chi connectivity index (χ0) is 10.8. The molecule has 2 aromatic rings. The molecule has 0 unspecified atom stereocenters. The van der Waals surface area contributed by atoms with Crippen LogP contribution in [0, 0.1) is 0 Å². The molecule has 0 fully saturated rings. The molecule has 1 aromatic carbocycles. The minimum atomic E-state index is 0.640. The van der Waals surface area contributed by atoms with Crippen LogP contribution in [0.15, 0.2) is 18.2 Å². The Labute approximate surface area is 88.6 Å². The van der Waals surface area contributed by atoms with Gasteiger partial charge in [-0.25, -0.2) is 0 Å². The molecule has 15 heavy (non-hydrogen) atoms. The van der Waals surface area contributed by atoms with E-state index < -0.39 is 0 Å². The number of hydrogen-bond acceptors (Lipinski definition) is 3. The Kier molecular flexibility index (Phi) is 2.60. The highest BCUT2D eigenvalue weighted by Gasteiger charge is 2.08. The monoisotopic (exact) mass is 205 g/mol. The van der Waals surface area contributed by atoms with Crippen molar-refractivity contribution in [3.63, 3.8) is 0 Å². The summed E-state index contributed by atoms with van der Waals surface area (Å²) in [6.45, 7) is 0.640. The molecule has 1 aromatic heterocycles. The molecular formula is C11H15N3O. The van der Waals surface area contributed by atoms with Crippen molar-refractivity contribution < 1.29 is 4.74 Å². The van der Waals surface area contributed by atoms with Crippen molar-refractivity contribution in [3.05, 3.63) is 23.9 Å². The Bertz CT molecular complexity index is 476. The van der Waals surface area contributed by atoms with E-state index in [0.717, 1.165) is 23.1 Å². The van der Waals surface area contributed by atoms with Gasteiger partial charge in [0.15, 0.2) is 0 Å². The molecule has 4 nitrogen and oxygen atoms in total. The molecular weight excluding hydrogens is 190 g/mol. The topological polar surface area (TPSA) is 53.1 Å². The van der Waals surface area contributed by atoms with Gasteiger partial charge >= 0.3 is 0 Å². The minimum Gasteiger partial charge on any atom is -0.497 e. The number of methoxy groups -OCH3 is 1. The molecule has 1 heterocycles. The second-order valence-corrected chi connectivity index (χ2v) is 3.49. The summed E-state index contributed by atoms with van der Waals surface area (Å²) < 4.78 is 7.04. The average molecular weight is 205 g/mol. The molecule has 0 saturated carbocycles. The van der Waals surface area contributed by atoms with Crippen LogP contribution in [0.1, 0.15) is 5.69 Å². The van der Waals surface area contributed by atoms with Gasteiger partial charge in [0.05, 0.1) is 12.6 Å². The molecule has 2 N–H and O–H groups in total. The van der Waals surface area contributed by atoms with Gasteiger partial charge in [-0.1, -0.05) is 0 Å². The number of benzene rings is 1. The summed E-state index contributed by atoms with van der Waals surface area (Å²) in [6.07, 6.45) is 0.847. The molecule has 80 valence electrons. The predicted molar refractivity (Wildman–Crippen MR) is 60.0 cm³/mol. The lowest BCUT2D eigenvalue weighted by molar-refractivity contribution is 0.415. The van der Waals surface area contributed by atoms with E-state index >= 15 is 0 Å². The van der Waals surface area contributed by atoms with Crippen molar-refractivity contribution in [1.82, 2.24) is 9.78 Å². The van der Waals surface area contributed by atoms with Gasteiger partial charge in [0.2, 0.25) is 0 Å². The Hall–Kier alpha value is -1.55. The molecule has 4 heteroatoms. The zero-order valence-corrected chi connectivity index (χ0v) is 9.03. The second kappa shape index (κ2) is 3.90. The SMILES string of the molecule is COc1ccc2c(CCN)n(C)nc2c1. The van der Waals surface area contributed by atoms with Gasteiger partial charge in [0, 0.05) is 30.6 Å². The number of fused-ring (bicyclic) bond motifs is 1. The number of aryl methyl sites for hydroxylation is 1. The average Bonchev–Trinajstić information content (AvgIpc) is 2.55. The van der Waals surface area contributed by atoms with Gasteiger partial charge in [-0.2, -0.15) is 5.10 Å². The summed E-state index contributed by atoms with van der Waals surface area (Å²) in [7, 11) is 3.60. The molecule has 0 amide bonds. The van der Waals surface area contributed by atoms with Gasteiger partial charge < -0.3 is 10.5 Å². The third kappa shape index (κ3) is 1.68. The van der Waals surface area contributed by atoms with Crippen LogP contribution in [0.25, 0.3) is 10.9 Å². The van der Waals surface area contributed by atoms with Gasteiger partial charge in [-0.3, -0.25) is 4.68 Å². The number of rotatable bonds is 3. The van der Waals surface area contributed by atoms with E-state index in [1.807, 2.05) is 29.9 Å². The molecule has 0 saturated heterocycles. The number of hydrogen-bond donors (Lipinski definition) is 1. The standard InChI is InChI=1S/C11H15N3O/c1-14-11(5-6-12)9-4-3-8(15-2)7-10(9)13-14/h3-4,7H,5-6,12H2,1-2H3. The van der Waals surface area contributed by atoms with Crippen molar-refractivity contribution in [1.29, 1.82) is 0 Å². The summed E-state index contributed by atoms with van der Waals surface area (Å²) in [5.74, 6) is 0.833. The Morgan fingerprint density at radius 3 is 2.93 bits per heavy atom. The fraction of sp³-hybridized carbons (Fsp3) is 0.364. The van der Waals surface area contributed by atoms with Crippen molar-refractivity contribution in [2.24, 2.45) is 12.8 Å². The minimum absolute atomic E-state index is 0.640. The molecule has 0 radical (unpaired) electrons. The Balaban J connectivity index is 2.58. The number of aromatic nitrogens is 2. The second-order valence-electron chi connectivity index (χ2n) is 3.49. The summed E-state index contributed by atoms with van der Waals surface area (Å²) in [6, 6.07) is 5.92. The number of nitrogens with two attached hydrogens (primary N) is 1. The van der Waals surface area contributed by atoms with Crippen LogP contribution in [0.2, 0.25) is 0 Å². The smallest absolute Gasteiger partial charge is 0.121 e. The lowest BCUT2D eigenvalue weighted by Gasteiger charge is -2.00. The fourth-order valence-corrected chi connectivity index (χ4v) is 1.79. The maximum absolute atomic E-state index is 5.57. The van der Waals surface area contributed by atoms with Crippen LogP contribution in [-0.2, 0) is 13.5 Å². The van der Waals surface area contributed by atoms with Gasteiger partial charge in [-0.05, 0) is 18.7 Å². The zero-order valence-electron chi connectivity index (χ0n) is 9.03. The first kappa shape index (κ1) is 9.98.